The van der Waals surface area contributed by atoms with Crippen molar-refractivity contribution in [2.75, 3.05) is 46.9 Å². The van der Waals surface area contributed by atoms with Crippen LogP contribution < -0.4 is 14.8 Å². The van der Waals surface area contributed by atoms with Crippen LogP contribution >= 0.6 is 12.4 Å². The summed E-state index contributed by atoms with van der Waals surface area (Å²) in [6.45, 7) is 9.89. The van der Waals surface area contributed by atoms with Crippen molar-refractivity contribution in [1.29, 1.82) is 0 Å². The highest BCUT2D eigenvalue weighted by Crippen LogP contribution is 2.39. The third kappa shape index (κ3) is 6.00. The van der Waals surface area contributed by atoms with Gasteiger partial charge in [-0.05, 0) is 75.9 Å². The lowest BCUT2D eigenvalue weighted by Crippen LogP contribution is -2.38. The molecule has 0 bridgehead atoms. The zero-order valence-electron chi connectivity index (χ0n) is 18.2. The number of nitrogens with zero attached hydrogens (tertiary/aromatic N) is 2. The van der Waals surface area contributed by atoms with Crippen molar-refractivity contribution in [2.24, 2.45) is 5.41 Å². The van der Waals surface area contributed by atoms with E-state index < -0.39 is 6.10 Å². The lowest BCUT2D eigenvalue weighted by molar-refractivity contribution is -0.135. The second-order valence-corrected chi connectivity index (χ2v) is 8.42. The number of benzene rings is 1. The summed E-state index contributed by atoms with van der Waals surface area (Å²) in [5.74, 6) is 1.29. The van der Waals surface area contributed by atoms with Gasteiger partial charge in [-0.1, -0.05) is 6.07 Å². The van der Waals surface area contributed by atoms with Crippen molar-refractivity contribution >= 4 is 18.3 Å². The number of carbonyl (C=O) groups excluding carboxylic acids is 1. The molecule has 1 atom stereocenters. The van der Waals surface area contributed by atoms with Crippen LogP contribution in [0.5, 0.6) is 11.5 Å². The molecule has 6 nitrogen and oxygen atoms in total. The number of piperidine rings is 1. The Morgan fingerprint density at radius 2 is 1.97 bits per heavy atom. The number of carbonyl (C=O) groups is 1. The van der Waals surface area contributed by atoms with E-state index >= 15 is 0 Å². The van der Waals surface area contributed by atoms with Gasteiger partial charge in [0.05, 0.1) is 6.61 Å². The SMILES string of the molecule is CCOc1cc(CN2CCC3(CCNCC3)C2)ccc1OC(C)C(=O)N(C)C.Cl. The third-order valence-electron chi connectivity index (χ3n) is 5.99. The van der Waals surface area contributed by atoms with E-state index in [0.29, 0.717) is 23.5 Å². The van der Waals surface area contributed by atoms with E-state index in [9.17, 15) is 4.79 Å². The molecule has 2 aliphatic heterocycles. The molecule has 2 fully saturated rings. The smallest absolute Gasteiger partial charge is 0.262 e. The average molecular weight is 426 g/mol. The number of ether oxygens (including phenoxy) is 2. The fourth-order valence-electron chi connectivity index (χ4n) is 4.41. The summed E-state index contributed by atoms with van der Waals surface area (Å²) < 4.78 is 11.7. The van der Waals surface area contributed by atoms with E-state index in [-0.39, 0.29) is 18.3 Å². The van der Waals surface area contributed by atoms with Gasteiger partial charge in [0.15, 0.2) is 17.6 Å². The van der Waals surface area contributed by atoms with Gasteiger partial charge in [-0.2, -0.15) is 0 Å². The van der Waals surface area contributed by atoms with Crippen molar-refractivity contribution in [3.05, 3.63) is 23.8 Å². The fraction of sp³-hybridized carbons (Fsp3) is 0.682. The Morgan fingerprint density at radius 1 is 1.24 bits per heavy atom. The van der Waals surface area contributed by atoms with E-state index in [2.05, 4.69) is 22.3 Å². The summed E-state index contributed by atoms with van der Waals surface area (Å²) in [7, 11) is 3.47. The van der Waals surface area contributed by atoms with E-state index in [0.717, 1.165) is 26.2 Å². The molecule has 1 unspecified atom stereocenters. The van der Waals surface area contributed by atoms with Crippen LogP contribution in [0.15, 0.2) is 18.2 Å². The molecule has 0 radical (unpaired) electrons. The Bertz CT molecular complexity index is 677. The van der Waals surface area contributed by atoms with Crippen LogP contribution in [0, 0.1) is 5.41 Å². The molecule has 2 heterocycles. The Morgan fingerprint density at radius 3 is 2.62 bits per heavy atom. The monoisotopic (exact) mass is 425 g/mol. The summed E-state index contributed by atoms with van der Waals surface area (Å²) >= 11 is 0. The number of rotatable bonds is 7. The first-order chi connectivity index (χ1) is 13.4. The van der Waals surface area contributed by atoms with E-state index in [1.807, 2.05) is 13.0 Å². The number of amides is 1. The van der Waals surface area contributed by atoms with Crippen LogP contribution in [0.2, 0.25) is 0 Å². The second-order valence-electron chi connectivity index (χ2n) is 8.42. The van der Waals surface area contributed by atoms with Crippen LogP contribution in [0.1, 0.15) is 38.7 Å². The number of halogens is 1. The Kier molecular flexibility index (Phi) is 8.61. The Labute approximate surface area is 181 Å². The quantitative estimate of drug-likeness (QED) is 0.727. The molecule has 1 amide bonds. The highest BCUT2D eigenvalue weighted by atomic mass is 35.5. The minimum absolute atomic E-state index is 0. The largest absolute Gasteiger partial charge is 0.490 e. The summed E-state index contributed by atoms with van der Waals surface area (Å²) in [6, 6.07) is 6.10. The van der Waals surface area contributed by atoms with Gasteiger partial charge in [0, 0.05) is 27.2 Å². The molecule has 164 valence electrons. The number of likely N-dealkylation sites (tertiary alicyclic amines) is 1. The lowest BCUT2D eigenvalue weighted by atomic mass is 9.78. The first kappa shape index (κ1) is 23.8. The number of hydrogen-bond donors (Lipinski definition) is 1. The minimum Gasteiger partial charge on any atom is -0.490 e. The molecule has 29 heavy (non-hydrogen) atoms. The van der Waals surface area contributed by atoms with Crippen LogP contribution in [0.4, 0.5) is 0 Å². The van der Waals surface area contributed by atoms with Gasteiger partial charge >= 0.3 is 0 Å². The summed E-state index contributed by atoms with van der Waals surface area (Å²) in [5.41, 5.74) is 1.74. The molecular formula is C22H36ClN3O3. The standard InChI is InChI=1S/C22H35N3O3.ClH/c1-5-27-20-14-18(6-7-19(20)28-17(2)21(26)24(3)4)15-25-13-10-22(16-25)8-11-23-12-9-22;/h6-7,14,17,23H,5,8-13,15-16H2,1-4H3;1H. The molecule has 1 aromatic carbocycles. The molecule has 0 saturated carbocycles. The predicted octanol–water partition coefficient (Wildman–Crippen LogP) is 2.94. The minimum atomic E-state index is -0.543. The van der Waals surface area contributed by atoms with E-state index in [1.54, 1.807) is 25.9 Å². The highest BCUT2D eigenvalue weighted by molar-refractivity contribution is 5.85. The molecule has 1 N–H and O–H groups in total. The number of likely N-dealkylation sites (N-methyl/N-ethyl adjacent to an activating group) is 1. The fourth-order valence-corrected chi connectivity index (χ4v) is 4.41. The van der Waals surface area contributed by atoms with Crippen molar-refractivity contribution in [3.63, 3.8) is 0 Å². The van der Waals surface area contributed by atoms with Gasteiger partial charge in [0.25, 0.3) is 5.91 Å². The average Bonchev–Trinajstić information content (AvgIpc) is 3.05. The van der Waals surface area contributed by atoms with E-state index in [4.69, 9.17) is 9.47 Å². The maximum Gasteiger partial charge on any atom is 0.262 e. The van der Waals surface area contributed by atoms with Gasteiger partial charge in [0.2, 0.25) is 0 Å². The van der Waals surface area contributed by atoms with Crippen LogP contribution in [-0.2, 0) is 11.3 Å². The predicted molar refractivity (Wildman–Crippen MR) is 118 cm³/mol. The first-order valence-electron chi connectivity index (χ1n) is 10.5. The van der Waals surface area contributed by atoms with Gasteiger partial charge in [-0.3, -0.25) is 9.69 Å². The van der Waals surface area contributed by atoms with Crippen molar-refractivity contribution < 1.29 is 14.3 Å². The van der Waals surface area contributed by atoms with Crippen LogP contribution in [0.3, 0.4) is 0 Å². The van der Waals surface area contributed by atoms with Crippen LogP contribution in [-0.4, -0.2) is 68.7 Å². The second kappa shape index (κ2) is 10.5. The first-order valence-corrected chi connectivity index (χ1v) is 10.5. The summed E-state index contributed by atoms with van der Waals surface area (Å²) in [5, 5.41) is 3.48. The lowest BCUT2D eigenvalue weighted by Gasteiger charge is -2.34. The summed E-state index contributed by atoms with van der Waals surface area (Å²) in [6.07, 6.45) is 3.34. The maximum absolute atomic E-state index is 12.1. The topological polar surface area (TPSA) is 54.0 Å². The number of hydrogen-bond acceptors (Lipinski definition) is 5. The molecule has 1 spiro atoms. The van der Waals surface area contributed by atoms with Crippen LogP contribution in [0.25, 0.3) is 0 Å². The highest BCUT2D eigenvalue weighted by Gasteiger charge is 2.38. The van der Waals surface area contributed by atoms with Crippen molar-refractivity contribution in [1.82, 2.24) is 15.1 Å². The molecule has 2 aliphatic rings. The molecule has 0 aromatic heterocycles. The van der Waals surface area contributed by atoms with Crippen molar-refractivity contribution in [2.45, 2.75) is 45.8 Å². The molecule has 3 rings (SSSR count). The zero-order chi connectivity index (χ0) is 20.1. The third-order valence-corrected chi connectivity index (χ3v) is 5.99. The summed E-state index contributed by atoms with van der Waals surface area (Å²) in [4.78, 5) is 16.2. The molecular weight excluding hydrogens is 390 g/mol. The number of nitrogens with one attached hydrogen (secondary N) is 1. The van der Waals surface area contributed by atoms with Crippen molar-refractivity contribution in [3.8, 4) is 11.5 Å². The molecule has 0 aliphatic carbocycles. The Hall–Kier alpha value is -1.50. The Balaban J connectivity index is 0.00000300. The molecule has 7 heteroatoms. The van der Waals surface area contributed by atoms with Gasteiger partial charge in [-0.15, -0.1) is 12.4 Å². The van der Waals surface area contributed by atoms with Gasteiger partial charge in [-0.25, -0.2) is 0 Å². The molecule has 2 saturated heterocycles. The van der Waals surface area contributed by atoms with Gasteiger partial charge in [0.1, 0.15) is 0 Å². The molecule has 1 aromatic rings. The zero-order valence-corrected chi connectivity index (χ0v) is 19.0. The normalized spacial score (nSPS) is 19.4. The van der Waals surface area contributed by atoms with E-state index in [1.165, 1.54) is 31.4 Å². The maximum atomic E-state index is 12.1. The van der Waals surface area contributed by atoms with Gasteiger partial charge < -0.3 is 19.7 Å².